The lowest BCUT2D eigenvalue weighted by Crippen LogP contribution is -2.61. The highest BCUT2D eigenvalue weighted by atomic mass is 32.2. The first-order chi connectivity index (χ1) is 7.88. The van der Waals surface area contributed by atoms with Gasteiger partial charge in [0, 0.05) is 22.8 Å². The largest absolute Gasteiger partial charge is 0.331 e. The van der Waals surface area contributed by atoms with Crippen LogP contribution in [-0.2, 0) is 20.4 Å². The molecule has 1 aliphatic heterocycles. The Labute approximate surface area is 102 Å². The lowest BCUT2D eigenvalue weighted by atomic mass is 10.0. The molecule has 1 rings (SSSR count). The zero-order valence-corrected chi connectivity index (χ0v) is 10.9. The molecular formula is C10H16N2O4S. The van der Waals surface area contributed by atoms with Crippen molar-refractivity contribution in [3.63, 3.8) is 0 Å². The van der Waals surface area contributed by atoms with E-state index < -0.39 is 40.6 Å². The van der Waals surface area contributed by atoms with Crippen LogP contribution in [0.15, 0.2) is 0 Å². The molecule has 1 fully saturated rings. The Balaban J connectivity index is 2.90. The summed E-state index contributed by atoms with van der Waals surface area (Å²) >= 11 is 0. The van der Waals surface area contributed by atoms with Gasteiger partial charge < -0.3 is 0 Å². The Morgan fingerprint density at radius 3 is 2.47 bits per heavy atom. The molecule has 0 aromatic heterocycles. The van der Waals surface area contributed by atoms with E-state index >= 15 is 0 Å². The van der Waals surface area contributed by atoms with Crippen molar-refractivity contribution in [2.45, 2.75) is 26.3 Å². The maximum Gasteiger partial charge on any atom is 0.331 e. The van der Waals surface area contributed by atoms with Crippen LogP contribution >= 0.6 is 0 Å². The predicted molar refractivity (Wildman–Crippen MR) is 62.6 cm³/mol. The molecule has 3 atom stereocenters. The van der Waals surface area contributed by atoms with Crippen LogP contribution in [0.4, 0.5) is 4.79 Å². The van der Waals surface area contributed by atoms with Gasteiger partial charge in [0.2, 0.25) is 11.8 Å². The van der Waals surface area contributed by atoms with Crippen molar-refractivity contribution in [1.82, 2.24) is 10.2 Å². The monoisotopic (exact) mass is 260 g/mol. The van der Waals surface area contributed by atoms with Gasteiger partial charge in [-0.05, 0) is 13.3 Å². The van der Waals surface area contributed by atoms with Crippen molar-refractivity contribution in [2.75, 3.05) is 12.0 Å². The number of barbiturate groups is 1. The summed E-state index contributed by atoms with van der Waals surface area (Å²) < 4.78 is 11.1. The van der Waals surface area contributed by atoms with Crippen molar-refractivity contribution < 1.29 is 18.6 Å². The average Bonchev–Trinajstić information content (AvgIpc) is 2.15. The fraction of sp³-hybridized carbons (Fsp3) is 0.700. The van der Waals surface area contributed by atoms with Crippen molar-refractivity contribution in [2.24, 2.45) is 5.92 Å². The molecule has 1 aliphatic rings. The average molecular weight is 260 g/mol. The van der Waals surface area contributed by atoms with E-state index in [2.05, 4.69) is 5.32 Å². The van der Waals surface area contributed by atoms with E-state index in [1.165, 1.54) is 6.26 Å². The maximum absolute atomic E-state index is 11.9. The Morgan fingerprint density at radius 1 is 1.41 bits per heavy atom. The zero-order chi connectivity index (χ0) is 13.2. The van der Waals surface area contributed by atoms with Crippen LogP contribution in [0, 0.1) is 5.92 Å². The van der Waals surface area contributed by atoms with Gasteiger partial charge in [0.05, 0.1) is 6.04 Å². The lowest BCUT2D eigenvalue weighted by Gasteiger charge is -2.33. The summed E-state index contributed by atoms with van der Waals surface area (Å²) in [6.07, 6.45) is 1.85. The number of rotatable bonds is 4. The number of urea groups is 1. The van der Waals surface area contributed by atoms with Crippen LogP contribution in [0.25, 0.3) is 0 Å². The van der Waals surface area contributed by atoms with E-state index in [9.17, 15) is 18.6 Å². The second kappa shape index (κ2) is 5.39. The van der Waals surface area contributed by atoms with E-state index in [1.54, 1.807) is 13.8 Å². The fourth-order valence-corrected chi connectivity index (χ4v) is 2.65. The molecule has 4 amide bonds. The van der Waals surface area contributed by atoms with Crippen LogP contribution < -0.4 is 5.32 Å². The molecule has 0 aromatic carbocycles. The second-order valence-corrected chi connectivity index (χ2v) is 5.53. The third-order valence-electron chi connectivity index (χ3n) is 2.63. The third kappa shape index (κ3) is 2.91. The number of nitrogens with zero attached hydrogens (tertiary/aromatic N) is 1. The van der Waals surface area contributed by atoms with Gasteiger partial charge in [-0.25, -0.2) is 4.79 Å². The van der Waals surface area contributed by atoms with Gasteiger partial charge >= 0.3 is 6.03 Å². The van der Waals surface area contributed by atoms with Crippen molar-refractivity contribution in [1.29, 1.82) is 0 Å². The minimum atomic E-state index is -1.11. The SMILES string of the molecule is CCC1C(=O)NC(=O)N(C(C)CS(C)=O)C1=O. The molecule has 3 unspecified atom stereocenters. The van der Waals surface area contributed by atoms with Gasteiger partial charge in [-0.2, -0.15) is 0 Å². The minimum Gasteiger partial charge on any atom is -0.277 e. The van der Waals surface area contributed by atoms with Crippen LogP contribution in [0.1, 0.15) is 20.3 Å². The predicted octanol–water partition coefficient (Wildman–Crippen LogP) is -0.142. The Hall–Kier alpha value is -1.24. The van der Waals surface area contributed by atoms with E-state index in [0.29, 0.717) is 6.42 Å². The third-order valence-corrected chi connectivity index (χ3v) is 3.58. The smallest absolute Gasteiger partial charge is 0.277 e. The van der Waals surface area contributed by atoms with Gasteiger partial charge in [0.15, 0.2) is 0 Å². The number of carbonyl (C=O) groups excluding carboxylic acids is 3. The Morgan fingerprint density at radius 2 is 2.00 bits per heavy atom. The molecule has 0 bridgehead atoms. The van der Waals surface area contributed by atoms with Crippen LogP contribution in [0.2, 0.25) is 0 Å². The highest BCUT2D eigenvalue weighted by Gasteiger charge is 2.41. The molecule has 17 heavy (non-hydrogen) atoms. The fourth-order valence-electron chi connectivity index (χ4n) is 1.82. The van der Waals surface area contributed by atoms with Gasteiger partial charge in [-0.1, -0.05) is 6.92 Å². The van der Waals surface area contributed by atoms with Crippen molar-refractivity contribution >= 4 is 28.6 Å². The standard InChI is InChI=1S/C10H16N2O4S/c1-4-7-8(13)11-10(15)12(9(7)14)6(2)5-17(3)16/h6-7H,4-5H2,1-3H3,(H,11,13,15). The molecule has 0 aromatic rings. The molecule has 1 N–H and O–H groups in total. The molecule has 0 radical (unpaired) electrons. The number of imide groups is 2. The first-order valence-electron chi connectivity index (χ1n) is 5.36. The number of amides is 4. The summed E-state index contributed by atoms with van der Waals surface area (Å²) in [7, 11) is -1.11. The van der Waals surface area contributed by atoms with Crippen molar-refractivity contribution in [3.8, 4) is 0 Å². The maximum atomic E-state index is 11.9. The van der Waals surface area contributed by atoms with Gasteiger partial charge in [0.25, 0.3) is 0 Å². The van der Waals surface area contributed by atoms with E-state index in [0.717, 1.165) is 4.90 Å². The zero-order valence-electron chi connectivity index (χ0n) is 10.1. The number of hydrogen-bond acceptors (Lipinski definition) is 4. The molecule has 1 heterocycles. The summed E-state index contributed by atoms with van der Waals surface area (Å²) in [6, 6.07) is -1.20. The van der Waals surface area contributed by atoms with Crippen LogP contribution in [0.5, 0.6) is 0 Å². The molecular weight excluding hydrogens is 244 g/mol. The minimum absolute atomic E-state index is 0.212. The van der Waals surface area contributed by atoms with Gasteiger partial charge in [-0.3, -0.25) is 24.0 Å². The number of hydrogen-bond donors (Lipinski definition) is 1. The first-order valence-corrected chi connectivity index (χ1v) is 7.09. The highest BCUT2D eigenvalue weighted by molar-refractivity contribution is 7.84. The van der Waals surface area contributed by atoms with Gasteiger partial charge in [0.1, 0.15) is 5.92 Å². The van der Waals surface area contributed by atoms with E-state index in [1.807, 2.05) is 0 Å². The first kappa shape index (κ1) is 13.8. The lowest BCUT2D eigenvalue weighted by molar-refractivity contribution is -0.143. The van der Waals surface area contributed by atoms with Gasteiger partial charge in [-0.15, -0.1) is 0 Å². The topological polar surface area (TPSA) is 83.6 Å². The quantitative estimate of drug-likeness (QED) is 0.713. The molecule has 0 aliphatic carbocycles. The molecule has 96 valence electrons. The summed E-state index contributed by atoms with van der Waals surface area (Å²) in [5.41, 5.74) is 0. The summed E-state index contributed by atoms with van der Waals surface area (Å²) in [5, 5.41) is 2.14. The molecule has 6 nitrogen and oxygen atoms in total. The highest BCUT2D eigenvalue weighted by Crippen LogP contribution is 2.16. The van der Waals surface area contributed by atoms with E-state index in [-0.39, 0.29) is 5.75 Å². The summed E-state index contributed by atoms with van der Waals surface area (Å²) in [5.74, 6) is -1.66. The second-order valence-electron chi connectivity index (χ2n) is 4.05. The Bertz CT molecular complexity index is 383. The molecule has 0 saturated carbocycles. The van der Waals surface area contributed by atoms with E-state index in [4.69, 9.17) is 0 Å². The van der Waals surface area contributed by atoms with Crippen LogP contribution in [0.3, 0.4) is 0 Å². The molecule has 1 saturated heterocycles. The molecule has 7 heteroatoms. The Kier molecular flexibility index (Phi) is 4.39. The van der Waals surface area contributed by atoms with Crippen molar-refractivity contribution in [3.05, 3.63) is 0 Å². The normalized spacial score (nSPS) is 24.5. The number of carbonyl (C=O) groups is 3. The molecule has 0 spiro atoms. The van der Waals surface area contributed by atoms with Crippen LogP contribution in [-0.4, -0.2) is 45.0 Å². The summed E-state index contributed by atoms with van der Waals surface area (Å²) in [6.45, 7) is 3.35. The number of nitrogens with one attached hydrogen (secondary N) is 1. The summed E-state index contributed by atoms with van der Waals surface area (Å²) in [4.78, 5) is 35.9.